The summed E-state index contributed by atoms with van der Waals surface area (Å²) in [6.45, 7) is 0. The molecule has 54 heavy (non-hydrogen) atoms. The topological polar surface area (TPSA) is 11.4 Å². The molecular weight excluding hydrogens is 722 g/mol. The molecule has 10 aromatic rings. The van der Waals surface area contributed by atoms with Crippen LogP contribution in [-0.4, -0.2) is 4.57 Å². The van der Waals surface area contributed by atoms with Gasteiger partial charge < -0.3 is 14.4 Å². The van der Waals surface area contributed by atoms with E-state index in [1.807, 2.05) is 0 Å². The summed E-state index contributed by atoms with van der Waals surface area (Å²) >= 11 is 4.00. The van der Waals surface area contributed by atoms with E-state index in [9.17, 15) is 0 Å². The molecule has 256 valence electrons. The molecule has 0 aliphatic carbocycles. The van der Waals surface area contributed by atoms with Crippen molar-refractivity contribution in [1.82, 2.24) is 4.57 Å². The number of rotatable bonds is 7. The van der Waals surface area contributed by atoms with Crippen LogP contribution in [0, 0.1) is 0 Å². The Bertz CT molecular complexity index is 2660. The van der Waals surface area contributed by atoms with Gasteiger partial charge >= 0.3 is 0 Å². The minimum atomic E-state index is 1.10. The molecule has 0 fully saturated rings. The van der Waals surface area contributed by atoms with Gasteiger partial charge in [-0.05, 0) is 112 Å². The number of hydrogen-bond acceptors (Lipinski definition) is 2. The van der Waals surface area contributed by atoms with Crippen LogP contribution in [0.3, 0.4) is 0 Å². The normalized spacial score (nSPS) is 11.4. The second-order valence-corrected chi connectivity index (χ2v) is 14.3. The fourth-order valence-electron chi connectivity index (χ4n) is 8.01. The number of para-hydroxylation sites is 4. The van der Waals surface area contributed by atoms with Crippen molar-refractivity contribution < 1.29 is 0 Å². The van der Waals surface area contributed by atoms with E-state index in [-0.39, 0.29) is 0 Å². The van der Waals surface area contributed by atoms with Crippen molar-refractivity contribution in [2.24, 2.45) is 0 Å². The van der Waals surface area contributed by atoms with Crippen LogP contribution in [0.15, 0.2) is 211 Å². The van der Waals surface area contributed by atoms with Gasteiger partial charge in [-0.25, -0.2) is 0 Å². The maximum Gasteiger partial charge on any atom is 0.0619 e. The van der Waals surface area contributed by atoms with E-state index >= 15 is 0 Å². The van der Waals surface area contributed by atoms with Crippen LogP contribution >= 0.6 is 15.9 Å². The van der Waals surface area contributed by atoms with Crippen molar-refractivity contribution in [3.05, 3.63) is 211 Å². The molecule has 9 aromatic carbocycles. The summed E-state index contributed by atoms with van der Waals surface area (Å²) in [4.78, 5) is 4.69. The molecule has 0 N–H and O–H groups in total. The lowest BCUT2D eigenvalue weighted by molar-refractivity contribution is 1.21. The Morgan fingerprint density at radius 1 is 0.296 bits per heavy atom. The summed E-state index contributed by atoms with van der Waals surface area (Å²) in [5, 5.41) is 7.12. The number of hydrogen-bond donors (Lipinski definition) is 0. The highest BCUT2D eigenvalue weighted by Crippen LogP contribution is 2.46. The Balaban J connectivity index is 1.31. The molecule has 0 atom stereocenters. The molecule has 0 bridgehead atoms. The molecule has 0 saturated heterocycles. The Labute approximate surface area is 322 Å². The molecule has 0 unspecified atom stereocenters. The van der Waals surface area contributed by atoms with Crippen LogP contribution in [0.2, 0.25) is 0 Å². The third-order valence-corrected chi connectivity index (χ3v) is 11.2. The van der Waals surface area contributed by atoms with Gasteiger partial charge in [-0.15, -0.1) is 0 Å². The van der Waals surface area contributed by atoms with Crippen LogP contribution in [0.1, 0.15) is 0 Å². The SMILES string of the molecule is Brc1c2ccccc2c(-n2c3ccc(N(c4ccccc4)c4ccccc4)cc3c3cc(N(c4ccccc4)c4ccccc4)ccc32)c2ccccc12. The van der Waals surface area contributed by atoms with Crippen molar-refractivity contribution in [2.75, 3.05) is 9.80 Å². The van der Waals surface area contributed by atoms with E-state index in [1.54, 1.807) is 0 Å². The summed E-state index contributed by atoms with van der Waals surface area (Å²) in [5.41, 5.74) is 10.1. The first kappa shape index (κ1) is 32.1. The summed E-state index contributed by atoms with van der Waals surface area (Å²) in [6, 6.07) is 73.9. The van der Waals surface area contributed by atoms with E-state index in [1.165, 1.54) is 38.0 Å². The number of fused-ring (bicyclic) bond motifs is 5. The summed E-state index contributed by atoms with van der Waals surface area (Å²) < 4.78 is 3.60. The third kappa shape index (κ3) is 5.34. The molecular formula is C50H34BrN3. The smallest absolute Gasteiger partial charge is 0.0619 e. The molecule has 1 aromatic heterocycles. The molecule has 0 spiro atoms. The zero-order valence-corrected chi connectivity index (χ0v) is 30.9. The van der Waals surface area contributed by atoms with E-state index in [0.29, 0.717) is 0 Å². The summed E-state index contributed by atoms with van der Waals surface area (Å²) in [6.07, 6.45) is 0. The standard InChI is InChI=1S/C50H34BrN3/c51-49-41-25-13-15-27-43(41)50(44-28-16-14-26-42(44)49)54-47-31-29-39(52(35-17-5-1-6-18-35)36-19-7-2-8-20-36)33-45(47)46-34-40(30-32-48(46)54)53(37-21-9-3-10-22-37)38-23-11-4-12-24-38/h1-34H. The molecule has 1 heterocycles. The first-order valence-electron chi connectivity index (χ1n) is 18.2. The molecule has 0 aliphatic heterocycles. The molecule has 3 nitrogen and oxygen atoms in total. The predicted octanol–water partition coefficient (Wildman–Crippen LogP) is 14.8. The molecule has 10 rings (SSSR count). The first-order valence-corrected chi connectivity index (χ1v) is 19.0. The number of halogens is 1. The predicted molar refractivity (Wildman–Crippen MR) is 233 cm³/mol. The van der Waals surface area contributed by atoms with Gasteiger partial charge in [-0.1, -0.05) is 121 Å². The average molecular weight is 757 g/mol. The maximum absolute atomic E-state index is 4.00. The number of aromatic nitrogens is 1. The number of anilines is 6. The Morgan fingerprint density at radius 3 is 0.963 bits per heavy atom. The Hall–Kier alpha value is -6.62. The van der Waals surface area contributed by atoms with Crippen molar-refractivity contribution in [3.8, 4) is 5.69 Å². The fourth-order valence-corrected chi connectivity index (χ4v) is 8.71. The van der Waals surface area contributed by atoms with Gasteiger partial charge in [0.05, 0.1) is 16.7 Å². The fraction of sp³-hybridized carbons (Fsp3) is 0. The lowest BCUT2D eigenvalue weighted by Crippen LogP contribution is -2.09. The van der Waals surface area contributed by atoms with Gasteiger partial charge in [0, 0.05) is 60.1 Å². The van der Waals surface area contributed by atoms with E-state index in [4.69, 9.17) is 0 Å². The highest BCUT2D eigenvalue weighted by molar-refractivity contribution is 9.10. The van der Waals surface area contributed by atoms with Gasteiger partial charge in [0.15, 0.2) is 0 Å². The van der Waals surface area contributed by atoms with Crippen molar-refractivity contribution in [2.45, 2.75) is 0 Å². The molecule has 0 amide bonds. The molecule has 4 heteroatoms. The van der Waals surface area contributed by atoms with Gasteiger partial charge in [0.25, 0.3) is 0 Å². The Kier molecular flexibility index (Phi) is 7.97. The second-order valence-electron chi connectivity index (χ2n) is 13.5. The molecule has 0 saturated carbocycles. The van der Waals surface area contributed by atoms with Crippen LogP contribution in [-0.2, 0) is 0 Å². The zero-order chi connectivity index (χ0) is 36.0. The minimum Gasteiger partial charge on any atom is -0.310 e. The van der Waals surface area contributed by atoms with Gasteiger partial charge in [-0.2, -0.15) is 0 Å². The van der Waals surface area contributed by atoms with Crippen LogP contribution in [0.5, 0.6) is 0 Å². The molecule has 0 aliphatic rings. The van der Waals surface area contributed by atoms with Crippen LogP contribution in [0.25, 0.3) is 49.0 Å². The van der Waals surface area contributed by atoms with Crippen LogP contribution < -0.4 is 9.80 Å². The van der Waals surface area contributed by atoms with Gasteiger partial charge in [-0.3, -0.25) is 0 Å². The lowest BCUT2D eigenvalue weighted by Gasteiger charge is -2.26. The number of benzene rings is 9. The van der Waals surface area contributed by atoms with Gasteiger partial charge in [0.1, 0.15) is 0 Å². The monoisotopic (exact) mass is 755 g/mol. The van der Waals surface area contributed by atoms with E-state index in [2.05, 4.69) is 237 Å². The van der Waals surface area contributed by atoms with Crippen molar-refractivity contribution in [1.29, 1.82) is 0 Å². The summed E-state index contributed by atoms with van der Waals surface area (Å²) in [7, 11) is 0. The number of nitrogens with zero attached hydrogens (tertiary/aromatic N) is 3. The maximum atomic E-state index is 4.00. The average Bonchev–Trinajstić information content (AvgIpc) is 3.55. The highest BCUT2D eigenvalue weighted by atomic mass is 79.9. The first-order chi connectivity index (χ1) is 26.7. The van der Waals surface area contributed by atoms with Gasteiger partial charge in [0.2, 0.25) is 0 Å². The van der Waals surface area contributed by atoms with Crippen LogP contribution in [0.4, 0.5) is 34.1 Å². The highest BCUT2D eigenvalue weighted by Gasteiger charge is 2.22. The van der Waals surface area contributed by atoms with Crippen molar-refractivity contribution in [3.63, 3.8) is 0 Å². The second kappa shape index (κ2) is 13.4. The van der Waals surface area contributed by atoms with E-state index in [0.717, 1.165) is 49.6 Å². The quantitative estimate of drug-likeness (QED) is 0.150. The molecule has 0 radical (unpaired) electrons. The zero-order valence-electron chi connectivity index (χ0n) is 29.3. The lowest BCUT2D eigenvalue weighted by atomic mass is 10.0. The summed E-state index contributed by atoms with van der Waals surface area (Å²) in [5.74, 6) is 0. The minimum absolute atomic E-state index is 1.10. The van der Waals surface area contributed by atoms with E-state index < -0.39 is 0 Å². The third-order valence-electron chi connectivity index (χ3n) is 10.4. The van der Waals surface area contributed by atoms with Crippen molar-refractivity contribution >= 4 is 93.4 Å². The largest absolute Gasteiger partial charge is 0.310 e. The Morgan fingerprint density at radius 2 is 0.611 bits per heavy atom.